The van der Waals surface area contributed by atoms with E-state index in [0.717, 1.165) is 7.05 Å². The molecule has 0 rings (SSSR count). The highest BCUT2D eigenvalue weighted by Gasteiger charge is 2.43. The van der Waals surface area contributed by atoms with Crippen LogP contribution >= 0.6 is 0 Å². The van der Waals surface area contributed by atoms with Gasteiger partial charge in [-0.1, -0.05) is 0 Å². The summed E-state index contributed by atoms with van der Waals surface area (Å²) in [4.78, 5) is 21.9. The standard InChI is InChI=1S/C7H11F3N2O2/c1-4(5(13)11-2)12(3)6(14)7(8,9)10/h4H,1-3H3,(H,11,13)/t4-/m0/s1. The van der Waals surface area contributed by atoms with E-state index in [0.29, 0.717) is 4.90 Å². The first-order valence-electron chi connectivity index (χ1n) is 3.77. The number of alkyl halides is 3. The normalized spacial score (nSPS) is 13.3. The molecule has 0 unspecified atom stereocenters. The first-order valence-corrected chi connectivity index (χ1v) is 3.77. The number of carbonyl (C=O) groups is 2. The molecule has 1 atom stereocenters. The Hall–Kier alpha value is -1.27. The molecule has 0 saturated heterocycles. The second kappa shape index (κ2) is 4.30. The van der Waals surface area contributed by atoms with Crippen LogP contribution in [0.5, 0.6) is 0 Å². The summed E-state index contributed by atoms with van der Waals surface area (Å²) in [6.07, 6.45) is -4.95. The van der Waals surface area contributed by atoms with Crippen molar-refractivity contribution in [2.45, 2.75) is 19.1 Å². The van der Waals surface area contributed by atoms with Gasteiger partial charge in [-0.2, -0.15) is 13.2 Å². The van der Waals surface area contributed by atoms with Crippen LogP contribution in [0, 0.1) is 0 Å². The Bertz CT molecular complexity index is 240. The molecule has 14 heavy (non-hydrogen) atoms. The van der Waals surface area contributed by atoms with E-state index >= 15 is 0 Å². The lowest BCUT2D eigenvalue weighted by molar-refractivity contribution is -0.186. The Balaban J connectivity index is 4.55. The van der Waals surface area contributed by atoms with E-state index in [1.807, 2.05) is 0 Å². The van der Waals surface area contributed by atoms with E-state index in [-0.39, 0.29) is 0 Å². The van der Waals surface area contributed by atoms with Gasteiger partial charge >= 0.3 is 12.1 Å². The largest absolute Gasteiger partial charge is 0.471 e. The van der Waals surface area contributed by atoms with Gasteiger partial charge in [-0.3, -0.25) is 9.59 Å². The monoisotopic (exact) mass is 212 g/mol. The molecule has 1 N–H and O–H groups in total. The molecular formula is C7H11F3N2O2. The summed E-state index contributed by atoms with van der Waals surface area (Å²) >= 11 is 0. The Morgan fingerprint density at radius 2 is 1.79 bits per heavy atom. The first kappa shape index (κ1) is 12.7. The molecule has 0 radical (unpaired) electrons. The highest BCUT2D eigenvalue weighted by atomic mass is 19.4. The van der Waals surface area contributed by atoms with Crippen molar-refractivity contribution in [2.24, 2.45) is 0 Å². The molecule has 82 valence electrons. The van der Waals surface area contributed by atoms with Crippen LogP contribution in [0.4, 0.5) is 13.2 Å². The fourth-order valence-corrected chi connectivity index (χ4v) is 0.761. The van der Waals surface area contributed by atoms with Gasteiger partial charge < -0.3 is 10.2 Å². The van der Waals surface area contributed by atoms with Gasteiger partial charge in [0.1, 0.15) is 6.04 Å². The van der Waals surface area contributed by atoms with Gasteiger partial charge in [0.25, 0.3) is 0 Å². The number of likely N-dealkylation sites (N-methyl/N-ethyl adjacent to an activating group) is 2. The van der Waals surface area contributed by atoms with E-state index < -0.39 is 24.0 Å². The number of carbonyl (C=O) groups excluding carboxylic acids is 2. The summed E-state index contributed by atoms with van der Waals surface area (Å²) in [5.41, 5.74) is 0. The third-order valence-corrected chi connectivity index (χ3v) is 1.77. The maximum absolute atomic E-state index is 11.9. The van der Waals surface area contributed by atoms with Crippen LogP contribution in [0.1, 0.15) is 6.92 Å². The zero-order chi connectivity index (χ0) is 11.5. The number of halogens is 3. The molecule has 0 aromatic rings. The molecule has 0 saturated carbocycles. The lowest BCUT2D eigenvalue weighted by atomic mass is 10.2. The fourth-order valence-electron chi connectivity index (χ4n) is 0.761. The molecule has 0 bridgehead atoms. The number of nitrogens with zero attached hydrogens (tertiary/aromatic N) is 1. The zero-order valence-electron chi connectivity index (χ0n) is 7.97. The summed E-state index contributed by atoms with van der Waals surface area (Å²) in [6, 6.07) is -1.14. The van der Waals surface area contributed by atoms with Gasteiger partial charge in [0.15, 0.2) is 0 Å². The number of rotatable bonds is 2. The molecule has 0 spiro atoms. The summed E-state index contributed by atoms with van der Waals surface area (Å²) < 4.78 is 35.7. The first-order chi connectivity index (χ1) is 6.21. The van der Waals surface area contributed by atoms with Crippen LogP contribution in [0.3, 0.4) is 0 Å². The van der Waals surface area contributed by atoms with Gasteiger partial charge in [0.2, 0.25) is 5.91 Å². The summed E-state index contributed by atoms with van der Waals surface area (Å²) in [6.45, 7) is 1.21. The summed E-state index contributed by atoms with van der Waals surface area (Å²) in [5.74, 6) is -2.68. The van der Waals surface area contributed by atoms with Crippen molar-refractivity contribution in [1.29, 1.82) is 0 Å². The molecule has 0 aromatic carbocycles. The minimum atomic E-state index is -4.95. The smallest absolute Gasteiger partial charge is 0.357 e. The quantitative estimate of drug-likeness (QED) is 0.707. The van der Waals surface area contributed by atoms with Gasteiger partial charge in [0.05, 0.1) is 0 Å². The summed E-state index contributed by atoms with van der Waals surface area (Å²) in [5, 5.41) is 2.15. The van der Waals surface area contributed by atoms with Crippen molar-refractivity contribution < 1.29 is 22.8 Å². The number of nitrogens with one attached hydrogen (secondary N) is 1. The molecule has 0 aliphatic rings. The van der Waals surface area contributed by atoms with Crippen molar-refractivity contribution >= 4 is 11.8 Å². The molecule has 0 aliphatic carbocycles. The number of hydrogen-bond donors (Lipinski definition) is 1. The highest BCUT2D eigenvalue weighted by molar-refractivity contribution is 5.89. The fraction of sp³-hybridized carbons (Fsp3) is 0.714. The molecule has 4 nitrogen and oxygen atoms in total. The number of amides is 2. The van der Waals surface area contributed by atoms with Crippen molar-refractivity contribution in [2.75, 3.05) is 14.1 Å². The molecule has 2 amide bonds. The second-order valence-corrected chi connectivity index (χ2v) is 2.70. The predicted octanol–water partition coefficient (Wildman–Crippen LogP) is 0.142. The average molecular weight is 212 g/mol. The Morgan fingerprint density at radius 3 is 2.07 bits per heavy atom. The van der Waals surface area contributed by atoms with Crippen molar-refractivity contribution in [3.05, 3.63) is 0 Å². The second-order valence-electron chi connectivity index (χ2n) is 2.70. The van der Waals surface area contributed by atoms with Gasteiger partial charge in [-0.15, -0.1) is 0 Å². The van der Waals surface area contributed by atoms with Crippen molar-refractivity contribution in [3.8, 4) is 0 Å². The zero-order valence-corrected chi connectivity index (χ0v) is 7.97. The third kappa shape index (κ3) is 2.90. The molecular weight excluding hydrogens is 201 g/mol. The van der Waals surface area contributed by atoms with E-state index in [1.165, 1.54) is 14.0 Å². The van der Waals surface area contributed by atoms with E-state index in [4.69, 9.17) is 0 Å². The van der Waals surface area contributed by atoms with E-state index in [9.17, 15) is 22.8 Å². The minimum Gasteiger partial charge on any atom is -0.357 e. The molecule has 0 heterocycles. The van der Waals surface area contributed by atoms with Gasteiger partial charge in [0, 0.05) is 14.1 Å². The van der Waals surface area contributed by atoms with Crippen molar-refractivity contribution in [3.63, 3.8) is 0 Å². The van der Waals surface area contributed by atoms with Gasteiger partial charge in [-0.25, -0.2) is 0 Å². The average Bonchev–Trinajstić information content (AvgIpc) is 2.11. The number of hydrogen-bond acceptors (Lipinski definition) is 2. The Labute approximate surface area is 79.1 Å². The van der Waals surface area contributed by atoms with Crippen LogP contribution in [-0.2, 0) is 9.59 Å². The Morgan fingerprint density at radius 1 is 1.36 bits per heavy atom. The van der Waals surface area contributed by atoms with Crippen LogP contribution in [0.15, 0.2) is 0 Å². The van der Waals surface area contributed by atoms with Crippen LogP contribution in [0.25, 0.3) is 0 Å². The lowest BCUT2D eigenvalue weighted by Gasteiger charge is -2.24. The maximum Gasteiger partial charge on any atom is 0.471 e. The van der Waals surface area contributed by atoms with Crippen molar-refractivity contribution in [1.82, 2.24) is 10.2 Å². The van der Waals surface area contributed by atoms with E-state index in [1.54, 1.807) is 0 Å². The van der Waals surface area contributed by atoms with Crippen LogP contribution in [-0.4, -0.2) is 43.0 Å². The SMILES string of the molecule is CNC(=O)[C@H](C)N(C)C(=O)C(F)(F)F. The van der Waals surface area contributed by atoms with E-state index in [2.05, 4.69) is 5.32 Å². The predicted molar refractivity (Wildman–Crippen MR) is 42.4 cm³/mol. The molecule has 7 heteroatoms. The summed E-state index contributed by atoms with van der Waals surface area (Å²) in [7, 11) is 2.21. The topological polar surface area (TPSA) is 49.4 Å². The maximum atomic E-state index is 11.9. The van der Waals surface area contributed by atoms with Gasteiger partial charge in [-0.05, 0) is 6.92 Å². The molecule has 0 aliphatic heterocycles. The minimum absolute atomic E-state index is 0.346. The molecule has 0 aromatic heterocycles. The molecule has 0 fully saturated rings. The Kier molecular flexibility index (Phi) is 3.91. The lowest BCUT2D eigenvalue weighted by Crippen LogP contribution is -2.49. The highest BCUT2D eigenvalue weighted by Crippen LogP contribution is 2.18. The van der Waals surface area contributed by atoms with Crippen LogP contribution in [0.2, 0.25) is 0 Å². The third-order valence-electron chi connectivity index (χ3n) is 1.77. The van der Waals surface area contributed by atoms with Crippen LogP contribution < -0.4 is 5.32 Å².